The number of hydrogen-bond acceptors (Lipinski definition) is 7. The van der Waals surface area contributed by atoms with Crippen molar-refractivity contribution in [1.29, 1.82) is 0 Å². The van der Waals surface area contributed by atoms with E-state index < -0.39 is 5.54 Å². The molecule has 0 unspecified atom stereocenters. The number of carbonyl (C=O) groups is 1. The van der Waals surface area contributed by atoms with Crippen molar-refractivity contribution in [3.8, 4) is 0 Å². The van der Waals surface area contributed by atoms with Crippen LogP contribution in [-0.4, -0.2) is 77.1 Å². The summed E-state index contributed by atoms with van der Waals surface area (Å²) >= 11 is 6.12. The Bertz CT molecular complexity index is 1140. The minimum atomic E-state index is -0.916. The first-order chi connectivity index (χ1) is 17.0. The Hall–Kier alpha value is -2.72. The predicted octanol–water partition coefficient (Wildman–Crippen LogP) is 2.06. The minimum absolute atomic E-state index is 0.0908. The van der Waals surface area contributed by atoms with Crippen molar-refractivity contribution in [2.24, 2.45) is 5.73 Å². The molecule has 2 saturated heterocycles. The van der Waals surface area contributed by atoms with E-state index in [1.165, 1.54) is 0 Å². The topological polar surface area (TPSA) is 115 Å². The lowest BCUT2D eigenvalue weighted by molar-refractivity contribution is -0.128. The number of piperazine rings is 1. The molecular weight excluding hydrogens is 464 g/mol. The van der Waals surface area contributed by atoms with Gasteiger partial charge in [0.15, 0.2) is 0 Å². The van der Waals surface area contributed by atoms with E-state index in [4.69, 9.17) is 17.3 Å². The number of H-pyrrole nitrogens is 1. The number of nitrogens with one attached hydrogen (secondary N) is 3. The molecule has 5 rings (SSSR count). The van der Waals surface area contributed by atoms with E-state index in [1.807, 2.05) is 36.5 Å². The van der Waals surface area contributed by atoms with Gasteiger partial charge in [-0.05, 0) is 43.0 Å². The highest BCUT2D eigenvalue weighted by atomic mass is 35.5. The summed E-state index contributed by atoms with van der Waals surface area (Å²) in [5, 5.41) is 8.34. The average molecular weight is 497 g/mol. The van der Waals surface area contributed by atoms with Crippen LogP contribution in [-0.2, 0) is 4.79 Å². The summed E-state index contributed by atoms with van der Waals surface area (Å²) < 4.78 is 0. The van der Waals surface area contributed by atoms with Crippen LogP contribution in [0.15, 0.2) is 42.9 Å². The highest BCUT2D eigenvalue weighted by Crippen LogP contribution is 2.29. The summed E-state index contributed by atoms with van der Waals surface area (Å²) in [7, 11) is 0. The van der Waals surface area contributed by atoms with Gasteiger partial charge in [-0.1, -0.05) is 23.7 Å². The zero-order valence-electron chi connectivity index (χ0n) is 19.8. The maximum Gasteiger partial charge on any atom is 0.240 e. The molecule has 0 spiro atoms. The largest absolute Gasteiger partial charge is 0.356 e. The van der Waals surface area contributed by atoms with Crippen molar-refractivity contribution in [3.05, 3.63) is 53.4 Å². The zero-order valence-corrected chi connectivity index (χ0v) is 20.6. The number of hydrogen-bond donors (Lipinski definition) is 4. The number of amides is 1. The number of piperidine rings is 1. The van der Waals surface area contributed by atoms with Crippen LogP contribution in [0.4, 0.5) is 5.82 Å². The normalized spacial score (nSPS) is 19.5. The third-order valence-corrected chi connectivity index (χ3v) is 7.51. The molecule has 0 radical (unpaired) electrons. The second kappa shape index (κ2) is 10.5. The van der Waals surface area contributed by atoms with Crippen LogP contribution in [0.5, 0.6) is 0 Å². The fourth-order valence-corrected chi connectivity index (χ4v) is 5.15. The van der Waals surface area contributed by atoms with Crippen molar-refractivity contribution in [3.63, 3.8) is 0 Å². The van der Waals surface area contributed by atoms with Crippen LogP contribution in [0.3, 0.4) is 0 Å². The highest BCUT2D eigenvalue weighted by molar-refractivity contribution is 6.30. The molecule has 0 aliphatic carbocycles. The number of benzene rings is 1. The van der Waals surface area contributed by atoms with Gasteiger partial charge < -0.3 is 31.2 Å². The molecule has 4 heterocycles. The Morgan fingerprint density at radius 2 is 1.86 bits per heavy atom. The lowest BCUT2D eigenvalue weighted by Gasteiger charge is -2.39. The van der Waals surface area contributed by atoms with Crippen molar-refractivity contribution >= 4 is 34.4 Å². The number of nitrogens with zero attached hydrogens (tertiary/aromatic N) is 4. The van der Waals surface area contributed by atoms with E-state index in [0.717, 1.165) is 61.6 Å². The van der Waals surface area contributed by atoms with Crippen molar-refractivity contribution in [1.82, 2.24) is 30.5 Å². The number of halogens is 1. The molecule has 0 saturated carbocycles. The van der Waals surface area contributed by atoms with E-state index in [2.05, 4.69) is 35.4 Å². The minimum Gasteiger partial charge on any atom is -0.356 e. The second-order valence-corrected chi connectivity index (χ2v) is 9.97. The molecule has 2 aliphatic rings. The van der Waals surface area contributed by atoms with Crippen LogP contribution >= 0.6 is 11.6 Å². The number of rotatable bonds is 7. The molecular formula is C25H33ClN8O. The number of aromatic amines is 1. The summed E-state index contributed by atoms with van der Waals surface area (Å²) in [4.78, 5) is 30.0. The number of fused-ring (bicyclic) bond motifs is 1. The van der Waals surface area contributed by atoms with E-state index in [9.17, 15) is 4.79 Å². The Morgan fingerprint density at radius 1 is 1.11 bits per heavy atom. The molecule has 1 atom stereocenters. The first-order valence-electron chi connectivity index (χ1n) is 12.3. The molecule has 10 heteroatoms. The first kappa shape index (κ1) is 24.0. The zero-order chi connectivity index (χ0) is 24.3. The van der Waals surface area contributed by atoms with Gasteiger partial charge in [0.1, 0.15) is 17.8 Å². The smallest absolute Gasteiger partial charge is 0.240 e. The average Bonchev–Trinajstić information content (AvgIpc) is 3.37. The molecule has 2 fully saturated rings. The maximum atomic E-state index is 13.5. The van der Waals surface area contributed by atoms with Gasteiger partial charge in [-0.3, -0.25) is 4.79 Å². The lowest BCUT2D eigenvalue weighted by atomic mass is 9.87. The molecule has 1 amide bonds. The van der Waals surface area contributed by atoms with E-state index in [1.54, 1.807) is 6.33 Å². The van der Waals surface area contributed by atoms with Gasteiger partial charge in [0.05, 0.1) is 17.0 Å². The molecule has 5 N–H and O–H groups in total. The van der Waals surface area contributed by atoms with Gasteiger partial charge in [0.2, 0.25) is 5.91 Å². The maximum absolute atomic E-state index is 13.5. The second-order valence-electron chi connectivity index (χ2n) is 9.54. The summed E-state index contributed by atoms with van der Waals surface area (Å²) in [6.07, 6.45) is 5.37. The van der Waals surface area contributed by atoms with E-state index >= 15 is 0 Å². The van der Waals surface area contributed by atoms with Gasteiger partial charge in [-0.2, -0.15) is 0 Å². The third kappa shape index (κ3) is 5.43. The van der Waals surface area contributed by atoms with Gasteiger partial charge in [0, 0.05) is 57.0 Å². The number of aromatic nitrogens is 3. The molecule has 186 valence electrons. The summed E-state index contributed by atoms with van der Waals surface area (Å²) in [6.45, 7) is 6.29. The molecule has 2 aliphatic heterocycles. The molecule has 2 aromatic heterocycles. The highest BCUT2D eigenvalue weighted by Gasteiger charge is 2.39. The summed E-state index contributed by atoms with van der Waals surface area (Å²) in [5.74, 6) is 0.792. The third-order valence-electron chi connectivity index (χ3n) is 7.26. The fourth-order valence-electron chi connectivity index (χ4n) is 5.02. The fraction of sp³-hybridized carbons (Fsp3) is 0.480. The quantitative estimate of drug-likeness (QED) is 0.395. The number of anilines is 1. The van der Waals surface area contributed by atoms with Gasteiger partial charge in [-0.15, -0.1) is 0 Å². The van der Waals surface area contributed by atoms with Crippen LogP contribution < -0.4 is 21.3 Å². The number of nitrogens with two attached hydrogens (primary N) is 1. The van der Waals surface area contributed by atoms with Crippen LogP contribution in [0.25, 0.3) is 11.0 Å². The van der Waals surface area contributed by atoms with Gasteiger partial charge >= 0.3 is 0 Å². The summed E-state index contributed by atoms with van der Waals surface area (Å²) in [5.41, 5.74) is 7.65. The lowest BCUT2D eigenvalue weighted by Crippen LogP contribution is -2.60. The Kier molecular flexibility index (Phi) is 7.19. The first-order valence-corrected chi connectivity index (χ1v) is 12.7. The van der Waals surface area contributed by atoms with Crippen molar-refractivity contribution < 1.29 is 4.79 Å². The van der Waals surface area contributed by atoms with Gasteiger partial charge in [-0.25, -0.2) is 9.97 Å². The SMILES string of the molecule is NC1(C(=O)N[C@@H](CCN2CCNCC2)c2ccc(Cl)cc2)CCN(c2ncnc3[nH]ccc23)CC1. The monoisotopic (exact) mass is 496 g/mol. The van der Waals surface area contributed by atoms with Crippen LogP contribution in [0, 0.1) is 0 Å². The van der Waals surface area contributed by atoms with E-state index in [-0.39, 0.29) is 11.9 Å². The van der Waals surface area contributed by atoms with Crippen molar-refractivity contribution in [2.75, 3.05) is 50.7 Å². The van der Waals surface area contributed by atoms with Crippen LogP contribution in [0.1, 0.15) is 30.9 Å². The molecule has 0 bridgehead atoms. The van der Waals surface area contributed by atoms with Crippen LogP contribution in [0.2, 0.25) is 5.02 Å². The van der Waals surface area contributed by atoms with Gasteiger partial charge in [0.25, 0.3) is 0 Å². The molecule has 1 aromatic carbocycles. The Labute approximate surface area is 210 Å². The van der Waals surface area contributed by atoms with E-state index in [0.29, 0.717) is 31.0 Å². The Balaban J connectivity index is 1.25. The molecule has 35 heavy (non-hydrogen) atoms. The Morgan fingerprint density at radius 3 is 2.60 bits per heavy atom. The predicted molar refractivity (Wildman–Crippen MR) is 139 cm³/mol. The standard InChI is InChI=1S/C25H33ClN8O/c26-19-3-1-18(2-4-19)21(6-12-33-15-10-28-11-16-33)32-24(35)25(27)7-13-34(14-8-25)23-20-5-9-29-22(20)30-17-31-23/h1-5,9,17,21,28H,6-8,10-16,27H2,(H,32,35)(H,29,30,31)/t21-/m0/s1. The summed E-state index contributed by atoms with van der Waals surface area (Å²) in [6, 6.07) is 9.61. The van der Waals surface area contributed by atoms with Crippen molar-refractivity contribution in [2.45, 2.75) is 30.8 Å². The molecule has 9 nitrogen and oxygen atoms in total. The number of carbonyl (C=O) groups excluding carboxylic acids is 1. The molecule has 3 aromatic rings.